The zero-order valence-corrected chi connectivity index (χ0v) is 9.30. The van der Waals surface area contributed by atoms with E-state index in [0.29, 0.717) is 6.54 Å². The standard InChI is InChI=1S/C10H15N5/c1-4-14(2)9-7-10(13-8-12-9)15(3)6-5-11/h7-8H,4,6H2,1-3H3. The van der Waals surface area contributed by atoms with E-state index in [0.717, 1.165) is 18.2 Å². The fourth-order valence-corrected chi connectivity index (χ4v) is 1.10. The highest BCUT2D eigenvalue weighted by atomic mass is 15.2. The molecule has 0 saturated heterocycles. The van der Waals surface area contributed by atoms with E-state index in [4.69, 9.17) is 5.26 Å². The lowest BCUT2D eigenvalue weighted by Gasteiger charge is -2.18. The maximum Gasteiger partial charge on any atom is 0.134 e. The first kappa shape index (κ1) is 11.2. The third-order valence-corrected chi connectivity index (χ3v) is 2.20. The Balaban J connectivity index is 2.88. The summed E-state index contributed by atoms with van der Waals surface area (Å²) < 4.78 is 0. The summed E-state index contributed by atoms with van der Waals surface area (Å²) >= 11 is 0. The monoisotopic (exact) mass is 205 g/mol. The second-order valence-corrected chi connectivity index (χ2v) is 3.26. The average molecular weight is 205 g/mol. The molecule has 5 nitrogen and oxygen atoms in total. The Kier molecular flexibility index (Phi) is 3.86. The lowest BCUT2D eigenvalue weighted by molar-refractivity contribution is 0.914. The highest BCUT2D eigenvalue weighted by Gasteiger charge is 2.05. The van der Waals surface area contributed by atoms with Crippen molar-refractivity contribution in [3.05, 3.63) is 12.4 Å². The van der Waals surface area contributed by atoms with Crippen LogP contribution in [-0.2, 0) is 0 Å². The summed E-state index contributed by atoms with van der Waals surface area (Å²) in [7, 11) is 3.80. The van der Waals surface area contributed by atoms with Gasteiger partial charge in [-0.1, -0.05) is 0 Å². The van der Waals surface area contributed by atoms with Gasteiger partial charge in [-0.3, -0.25) is 0 Å². The van der Waals surface area contributed by atoms with Gasteiger partial charge in [-0.25, -0.2) is 9.97 Å². The summed E-state index contributed by atoms with van der Waals surface area (Å²) in [5.41, 5.74) is 0. The third kappa shape index (κ3) is 2.81. The first-order valence-electron chi connectivity index (χ1n) is 4.80. The summed E-state index contributed by atoms with van der Waals surface area (Å²) in [5, 5.41) is 8.58. The normalized spacial score (nSPS) is 9.47. The van der Waals surface area contributed by atoms with Crippen molar-refractivity contribution in [3.8, 4) is 6.07 Å². The molecule has 0 fully saturated rings. The van der Waals surface area contributed by atoms with Gasteiger partial charge in [0.2, 0.25) is 0 Å². The predicted octanol–water partition coefficient (Wildman–Crippen LogP) is 0.892. The molecule has 0 aliphatic carbocycles. The van der Waals surface area contributed by atoms with E-state index in [1.807, 2.05) is 25.1 Å². The van der Waals surface area contributed by atoms with Gasteiger partial charge in [-0.2, -0.15) is 5.26 Å². The molecule has 1 aromatic heterocycles. The average Bonchev–Trinajstić information content (AvgIpc) is 2.28. The van der Waals surface area contributed by atoms with Crippen LogP contribution in [0.2, 0.25) is 0 Å². The van der Waals surface area contributed by atoms with E-state index >= 15 is 0 Å². The Bertz CT molecular complexity index is 357. The highest BCUT2D eigenvalue weighted by molar-refractivity contribution is 5.49. The molecular weight excluding hydrogens is 190 g/mol. The number of hydrogen-bond acceptors (Lipinski definition) is 5. The molecule has 0 unspecified atom stereocenters. The highest BCUT2D eigenvalue weighted by Crippen LogP contribution is 2.14. The SMILES string of the molecule is CCN(C)c1cc(N(C)CC#N)ncn1. The quantitative estimate of drug-likeness (QED) is 0.683. The summed E-state index contributed by atoms with van der Waals surface area (Å²) in [4.78, 5) is 12.1. The van der Waals surface area contributed by atoms with Crippen LogP contribution in [0.25, 0.3) is 0 Å². The van der Waals surface area contributed by atoms with E-state index in [1.54, 1.807) is 4.90 Å². The van der Waals surface area contributed by atoms with Gasteiger partial charge in [-0.05, 0) is 6.92 Å². The van der Waals surface area contributed by atoms with Gasteiger partial charge in [0.05, 0.1) is 6.07 Å². The largest absolute Gasteiger partial charge is 0.360 e. The molecule has 0 atom stereocenters. The second-order valence-electron chi connectivity index (χ2n) is 3.26. The van der Waals surface area contributed by atoms with Crippen LogP contribution < -0.4 is 9.80 Å². The maximum absolute atomic E-state index is 8.58. The summed E-state index contributed by atoms with van der Waals surface area (Å²) in [5.74, 6) is 1.63. The minimum atomic E-state index is 0.326. The second kappa shape index (κ2) is 5.15. The molecule has 80 valence electrons. The van der Waals surface area contributed by atoms with Crippen molar-refractivity contribution in [1.82, 2.24) is 9.97 Å². The van der Waals surface area contributed by atoms with E-state index in [1.165, 1.54) is 6.33 Å². The predicted molar refractivity (Wildman–Crippen MR) is 59.9 cm³/mol. The lowest BCUT2D eigenvalue weighted by atomic mass is 10.4. The molecule has 0 spiro atoms. The van der Waals surface area contributed by atoms with Gasteiger partial charge < -0.3 is 9.80 Å². The number of aromatic nitrogens is 2. The van der Waals surface area contributed by atoms with Gasteiger partial charge in [0.15, 0.2) is 0 Å². The Morgan fingerprint density at radius 1 is 1.27 bits per heavy atom. The van der Waals surface area contributed by atoms with Gasteiger partial charge >= 0.3 is 0 Å². The Labute approximate surface area is 90.0 Å². The van der Waals surface area contributed by atoms with Crippen LogP contribution in [0.3, 0.4) is 0 Å². The Hall–Kier alpha value is -1.83. The number of hydrogen-bond donors (Lipinski definition) is 0. The number of rotatable bonds is 4. The Morgan fingerprint density at radius 3 is 2.40 bits per heavy atom. The van der Waals surface area contributed by atoms with E-state index < -0.39 is 0 Å². The molecule has 5 heteroatoms. The van der Waals surface area contributed by atoms with E-state index in [9.17, 15) is 0 Å². The molecule has 0 aromatic carbocycles. The van der Waals surface area contributed by atoms with Gasteiger partial charge in [0.1, 0.15) is 24.5 Å². The molecule has 0 aliphatic rings. The Morgan fingerprint density at radius 2 is 1.87 bits per heavy atom. The van der Waals surface area contributed by atoms with Crippen LogP contribution in [0.15, 0.2) is 12.4 Å². The third-order valence-electron chi connectivity index (χ3n) is 2.20. The molecule has 1 rings (SSSR count). The zero-order chi connectivity index (χ0) is 11.3. The molecule has 1 aromatic rings. The molecule has 0 radical (unpaired) electrons. The molecule has 0 amide bonds. The summed E-state index contributed by atoms with van der Waals surface area (Å²) in [6.45, 7) is 3.27. The van der Waals surface area contributed by atoms with Crippen molar-refractivity contribution in [2.24, 2.45) is 0 Å². The van der Waals surface area contributed by atoms with Crippen molar-refractivity contribution >= 4 is 11.6 Å². The maximum atomic E-state index is 8.58. The van der Waals surface area contributed by atoms with E-state index in [2.05, 4.69) is 23.0 Å². The van der Waals surface area contributed by atoms with Crippen LogP contribution in [0.4, 0.5) is 11.6 Å². The molecule has 1 heterocycles. The van der Waals surface area contributed by atoms with Crippen molar-refractivity contribution < 1.29 is 0 Å². The van der Waals surface area contributed by atoms with Crippen molar-refractivity contribution in [1.29, 1.82) is 5.26 Å². The minimum absolute atomic E-state index is 0.326. The number of nitrogens with zero attached hydrogens (tertiary/aromatic N) is 5. The van der Waals surface area contributed by atoms with Crippen LogP contribution in [0, 0.1) is 11.3 Å². The smallest absolute Gasteiger partial charge is 0.134 e. The fraction of sp³-hybridized carbons (Fsp3) is 0.500. The molecular formula is C10H15N5. The topological polar surface area (TPSA) is 56.0 Å². The van der Waals surface area contributed by atoms with Crippen molar-refractivity contribution in [2.45, 2.75) is 6.92 Å². The van der Waals surface area contributed by atoms with Crippen LogP contribution in [0.1, 0.15) is 6.92 Å². The molecule has 15 heavy (non-hydrogen) atoms. The summed E-state index contributed by atoms with van der Waals surface area (Å²) in [6.07, 6.45) is 1.52. The fourth-order valence-electron chi connectivity index (χ4n) is 1.10. The van der Waals surface area contributed by atoms with Crippen LogP contribution in [0.5, 0.6) is 0 Å². The van der Waals surface area contributed by atoms with E-state index in [-0.39, 0.29) is 0 Å². The molecule has 0 aliphatic heterocycles. The first-order valence-corrected chi connectivity index (χ1v) is 4.80. The van der Waals surface area contributed by atoms with Crippen LogP contribution >= 0.6 is 0 Å². The van der Waals surface area contributed by atoms with Gasteiger partial charge in [0.25, 0.3) is 0 Å². The van der Waals surface area contributed by atoms with Crippen molar-refractivity contribution in [2.75, 3.05) is 37.0 Å². The number of anilines is 2. The summed E-state index contributed by atoms with van der Waals surface area (Å²) in [6, 6.07) is 3.96. The molecule has 0 bridgehead atoms. The number of nitriles is 1. The minimum Gasteiger partial charge on any atom is -0.360 e. The van der Waals surface area contributed by atoms with Crippen LogP contribution in [-0.4, -0.2) is 37.2 Å². The van der Waals surface area contributed by atoms with Gasteiger partial charge in [-0.15, -0.1) is 0 Å². The first-order chi connectivity index (χ1) is 7.19. The van der Waals surface area contributed by atoms with Crippen molar-refractivity contribution in [3.63, 3.8) is 0 Å². The molecule has 0 saturated carbocycles. The van der Waals surface area contributed by atoms with Gasteiger partial charge in [0, 0.05) is 26.7 Å². The molecule has 0 N–H and O–H groups in total. The zero-order valence-electron chi connectivity index (χ0n) is 9.30. The lowest BCUT2D eigenvalue weighted by Crippen LogP contribution is -2.21.